The van der Waals surface area contributed by atoms with Crippen LogP contribution in [0, 0.1) is 19.8 Å². The molecule has 0 radical (unpaired) electrons. The van der Waals surface area contributed by atoms with Gasteiger partial charge in [0.05, 0.1) is 17.4 Å². The molecule has 11 rings (SSSR count). The summed E-state index contributed by atoms with van der Waals surface area (Å²) in [7, 11) is 0. The highest BCUT2D eigenvalue weighted by Gasteiger charge is 2.31. The van der Waals surface area contributed by atoms with Crippen LogP contribution in [0.15, 0.2) is 212 Å². The molecule has 0 bridgehead atoms. The van der Waals surface area contributed by atoms with E-state index in [0.29, 0.717) is 0 Å². The highest BCUT2D eigenvalue weighted by Crippen LogP contribution is 2.46. The number of nitrogens with zero attached hydrogens (tertiary/aromatic N) is 2. The standard InChI is InChI=1S/C56H42N2/c1-37-45-33-31-43(57(53-27-11-19-39-15-3-7-23-47(39)53)54-28-12-20-40-16-4-8-24-48(40)54)35-51(45)38(2)52-36-44(32-34-46(37)52)58(55-29-13-21-41-17-5-9-25-49(41)55)56-30-14-22-42-18-6-10-26-50(42)56/h3-36,47,53H,1-2H3. The van der Waals surface area contributed by atoms with E-state index < -0.39 is 0 Å². The first-order valence-electron chi connectivity index (χ1n) is 20.3. The molecule has 0 aromatic heterocycles. The van der Waals surface area contributed by atoms with Gasteiger partial charge in [0.2, 0.25) is 0 Å². The molecule has 9 aromatic carbocycles. The molecule has 276 valence electrons. The lowest BCUT2D eigenvalue weighted by molar-refractivity contribution is 0.641. The van der Waals surface area contributed by atoms with Crippen molar-refractivity contribution in [2.24, 2.45) is 5.92 Å². The van der Waals surface area contributed by atoms with Gasteiger partial charge in [-0.1, -0.05) is 164 Å². The first-order chi connectivity index (χ1) is 28.6. The minimum atomic E-state index is 0.105. The second-order valence-corrected chi connectivity index (χ2v) is 15.7. The van der Waals surface area contributed by atoms with E-state index in [-0.39, 0.29) is 12.0 Å². The van der Waals surface area contributed by atoms with Gasteiger partial charge in [0, 0.05) is 39.1 Å². The average Bonchev–Trinajstić information content (AvgIpc) is 3.28. The molecule has 2 aliphatic rings. The minimum Gasteiger partial charge on any atom is -0.333 e. The number of hydrogen-bond acceptors (Lipinski definition) is 2. The first kappa shape index (κ1) is 34.1. The normalized spacial score (nSPS) is 16.0. The summed E-state index contributed by atoms with van der Waals surface area (Å²) in [4.78, 5) is 5.05. The lowest BCUT2D eigenvalue weighted by Gasteiger charge is -2.39. The second-order valence-electron chi connectivity index (χ2n) is 15.7. The fraction of sp³-hybridized carbons (Fsp3) is 0.0714. The molecule has 0 saturated heterocycles. The number of hydrogen-bond donors (Lipinski definition) is 0. The maximum absolute atomic E-state index is 2.58. The van der Waals surface area contributed by atoms with Crippen LogP contribution in [0.1, 0.15) is 11.1 Å². The maximum Gasteiger partial charge on any atom is 0.0628 e. The minimum absolute atomic E-state index is 0.105. The molecule has 0 spiro atoms. The van der Waals surface area contributed by atoms with E-state index >= 15 is 0 Å². The van der Waals surface area contributed by atoms with Gasteiger partial charge in [-0.2, -0.15) is 0 Å². The zero-order chi connectivity index (χ0) is 38.7. The van der Waals surface area contributed by atoms with Gasteiger partial charge in [0.25, 0.3) is 0 Å². The Morgan fingerprint density at radius 1 is 0.397 bits per heavy atom. The molecule has 0 saturated carbocycles. The molecule has 0 fully saturated rings. The van der Waals surface area contributed by atoms with Gasteiger partial charge in [0.1, 0.15) is 0 Å². The van der Waals surface area contributed by atoms with Gasteiger partial charge in [-0.15, -0.1) is 0 Å². The zero-order valence-electron chi connectivity index (χ0n) is 32.7. The van der Waals surface area contributed by atoms with E-state index in [9.17, 15) is 0 Å². The van der Waals surface area contributed by atoms with Crippen LogP contribution in [0.4, 0.5) is 28.4 Å². The number of rotatable bonds is 6. The Balaban J connectivity index is 1.13. The Bertz CT molecular complexity index is 3140. The van der Waals surface area contributed by atoms with Crippen molar-refractivity contribution in [3.63, 3.8) is 0 Å². The fourth-order valence-electron chi connectivity index (χ4n) is 9.72. The molecular formula is C56H42N2. The summed E-state index contributed by atoms with van der Waals surface area (Å²) in [6.45, 7) is 4.61. The molecule has 0 heterocycles. The van der Waals surface area contributed by atoms with Crippen LogP contribution in [0.5, 0.6) is 0 Å². The summed E-state index contributed by atoms with van der Waals surface area (Å²) in [5.74, 6) is 0.237. The van der Waals surface area contributed by atoms with Crippen LogP contribution < -0.4 is 9.80 Å². The number of fused-ring (bicyclic) bond motifs is 6. The summed E-state index contributed by atoms with van der Waals surface area (Å²) < 4.78 is 0. The second kappa shape index (κ2) is 13.8. The van der Waals surface area contributed by atoms with Crippen molar-refractivity contribution in [3.8, 4) is 0 Å². The zero-order valence-corrected chi connectivity index (χ0v) is 32.7. The highest BCUT2D eigenvalue weighted by atomic mass is 15.2. The van der Waals surface area contributed by atoms with Crippen molar-refractivity contribution in [1.29, 1.82) is 0 Å². The predicted molar refractivity (Wildman–Crippen MR) is 249 cm³/mol. The summed E-state index contributed by atoms with van der Waals surface area (Å²) in [5, 5.41) is 12.5. The Kier molecular flexibility index (Phi) is 8.11. The average molecular weight is 743 g/mol. The largest absolute Gasteiger partial charge is 0.333 e. The van der Waals surface area contributed by atoms with E-state index in [1.54, 1.807) is 0 Å². The third-order valence-electron chi connectivity index (χ3n) is 12.6. The molecule has 2 aliphatic carbocycles. The molecule has 0 amide bonds. The topological polar surface area (TPSA) is 6.48 Å². The molecule has 2 unspecified atom stereocenters. The molecule has 2 heteroatoms. The Morgan fingerprint density at radius 3 is 1.52 bits per heavy atom. The van der Waals surface area contributed by atoms with Crippen molar-refractivity contribution in [3.05, 3.63) is 223 Å². The molecule has 0 N–H and O–H groups in total. The van der Waals surface area contributed by atoms with Gasteiger partial charge < -0.3 is 9.80 Å². The van der Waals surface area contributed by atoms with Crippen LogP contribution in [0.3, 0.4) is 0 Å². The molecule has 0 aliphatic heterocycles. The molecule has 9 aromatic rings. The molecular weight excluding hydrogens is 701 g/mol. The highest BCUT2D eigenvalue weighted by molar-refractivity contribution is 6.10. The van der Waals surface area contributed by atoms with Crippen molar-refractivity contribution < 1.29 is 0 Å². The molecule has 58 heavy (non-hydrogen) atoms. The van der Waals surface area contributed by atoms with Gasteiger partial charge in [-0.3, -0.25) is 0 Å². The first-order valence-corrected chi connectivity index (χ1v) is 20.3. The van der Waals surface area contributed by atoms with E-state index in [4.69, 9.17) is 0 Å². The third kappa shape index (κ3) is 5.48. The van der Waals surface area contributed by atoms with Crippen LogP contribution in [-0.2, 0) is 0 Å². The van der Waals surface area contributed by atoms with Gasteiger partial charge >= 0.3 is 0 Å². The van der Waals surface area contributed by atoms with Crippen LogP contribution >= 0.6 is 0 Å². The summed E-state index contributed by atoms with van der Waals surface area (Å²) in [6.07, 6.45) is 15.9. The smallest absolute Gasteiger partial charge is 0.0628 e. The Hall–Kier alpha value is -7.16. The van der Waals surface area contributed by atoms with Crippen LogP contribution in [0.25, 0.3) is 53.9 Å². The molecule has 2 nitrogen and oxygen atoms in total. The summed E-state index contributed by atoms with van der Waals surface area (Å²) in [6, 6.07) is 60.6. The van der Waals surface area contributed by atoms with E-state index in [2.05, 4.69) is 230 Å². The quantitative estimate of drug-likeness (QED) is 0.157. The number of aryl methyl sites for hydroxylation is 2. The predicted octanol–water partition coefficient (Wildman–Crippen LogP) is 15.3. The fourth-order valence-corrected chi connectivity index (χ4v) is 9.72. The number of anilines is 5. The molecule has 2 atom stereocenters. The van der Waals surface area contributed by atoms with E-state index in [1.165, 1.54) is 81.9 Å². The lowest BCUT2D eigenvalue weighted by atomic mass is 9.82. The summed E-state index contributed by atoms with van der Waals surface area (Å²) in [5.41, 5.74) is 9.80. The van der Waals surface area contributed by atoms with Gasteiger partial charge in [-0.05, 0) is 111 Å². The Morgan fingerprint density at radius 2 is 0.897 bits per heavy atom. The van der Waals surface area contributed by atoms with E-state index in [1.807, 2.05) is 0 Å². The SMILES string of the molecule is Cc1c2ccc(N(c3cccc4ccccc34)c3cccc4ccccc34)cc2c(C)c2cc(N(c3cccc4ccccc34)C3C=CC=C4C=CC=CC43)ccc12. The van der Waals surface area contributed by atoms with Crippen LogP contribution in [-0.4, -0.2) is 6.04 Å². The monoisotopic (exact) mass is 742 g/mol. The van der Waals surface area contributed by atoms with Crippen molar-refractivity contribution in [1.82, 2.24) is 0 Å². The van der Waals surface area contributed by atoms with Crippen molar-refractivity contribution >= 4 is 82.3 Å². The Labute approximate surface area is 339 Å². The van der Waals surface area contributed by atoms with Crippen LogP contribution in [0.2, 0.25) is 0 Å². The number of allylic oxidation sites excluding steroid dienone is 5. The summed E-state index contributed by atoms with van der Waals surface area (Å²) >= 11 is 0. The lowest BCUT2D eigenvalue weighted by Crippen LogP contribution is -2.37. The van der Waals surface area contributed by atoms with Crippen molar-refractivity contribution in [2.45, 2.75) is 19.9 Å². The van der Waals surface area contributed by atoms with E-state index in [0.717, 1.165) is 17.1 Å². The number of benzene rings is 9. The maximum atomic E-state index is 2.58. The van der Waals surface area contributed by atoms with Gasteiger partial charge in [0.15, 0.2) is 0 Å². The third-order valence-corrected chi connectivity index (χ3v) is 12.6. The van der Waals surface area contributed by atoms with Gasteiger partial charge in [-0.25, -0.2) is 0 Å². The van der Waals surface area contributed by atoms with Crippen molar-refractivity contribution in [2.75, 3.05) is 9.80 Å².